The van der Waals surface area contributed by atoms with E-state index in [1.807, 2.05) is 13.8 Å². The molecule has 5 heteroatoms. The molecule has 2 N–H and O–H groups in total. The van der Waals surface area contributed by atoms with E-state index < -0.39 is 0 Å². The number of nitrogens with zero attached hydrogens (tertiary/aromatic N) is 1. The number of rotatable bonds is 2. The van der Waals surface area contributed by atoms with E-state index in [1.54, 1.807) is 6.07 Å². The summed E-state index contributed by atoms with van der Waals surface area (Å²) in [7, 11) is 5.44. The summed E-state index contributed by atoms with van der Waals surface area (Å²) in [4.78, 5) is 15.4. The van der Waals surface area contributed by atoms with Gasteiger partial charge in [-0.05, 0) is 17.7 Å². The first-order chi connectivity index (χ1) is 7.00. The third kappa shape index (κ3) is 3.20. The predicted molar refractivity (Wildman–Crippen MR) is 59.7 cm³/mol. The lowest BCUT2D eigenvalue weighted by atomic mass is 10.0. The summed E-state index contributed by atoms with van der Waals surface area (Å²) in [5, 5.41) is 9.98. The number of hydrogen-bond acceptors (Lipinski definition) is 3. The summed E-state index contributed by atoms with van der Waals surface area (Å²) < 4.78 is 0. The third-order valence-electron chi connectivity index (χ3n) is 1.87. The molecule has 1 rings (SSSR count). The molecule has 4 nitrogen and oxygen atoms in total. The smallest absolute Gasteiger partial charge is 0.256 e. The maximum absolute atomic E-state index is 11.6. The predicted octanol–water partition coefficient (Wildman–Crippen LogP) is 0.238. The maximum Gasteiger partial charge on any atom is 0.256 e. The highest BCUT2D eigenvalue weighted by Crippen LogP contribution is 1.97. The van der Waals surface area contributed by atoms with Gasteiger partial charge in [-0.1, -0.05) is 13.8 Å². The van der Waals surface area contributed by atoms with Crippen molar-refractivity contribution in [1.29, 1.82) is 5.41 Å². The highest BCUT2D eigenvalue weighted by Gasteiger charge is 2.09. The van der Waals surface area contributed by atoms with Crippen molar-refractivity contribution in [3.8, 4) is 0 Å². The zero-order valence-electron chi connectivity index (χ0n) is 8.74. The van der Waals surface area contributed by atoms with Crippen molar-refractivity contribution in [1.82, 2.24) is 10.3 Å². The van der Waals surface area contributed by atoms with Gasteiger partial charge in [0.1, 0.15) is 13.7 Å². The second-order valence-corrected chi connectivity index (χ2v) is 3.49. The van der Waals surface area contributed by atoms with Crippen molar-refractivity contribution >= 4 is 25.2 Å². The van der Waals surface area contributed by atoms with Crippen LogP contribution < -0.4 is 10.9 Å². The van der Waals surface area contributed by atoms with Crippen molar-refractivity contribution in [2.45, 2.75) is 13.8 Å². The van der Waals surface area contributed by atoms with Crippen LogP contribution >= 0.6 is 0 Å². The van der Waals surface area contributed by atoms with Crippen molar-refractivity contribution in [3.63, 3.8) is 0 Å². The Balaban J connectivity index is 2.74. The van der Waals surface area contributed by atoms with Crippen LogP contribution in [0.5, 0.6) is 0 Å². The molecule has 76 valence electrons. The number of aromatic nitrogens is 1. The highest BCUT2D eigenvalue weighted by molar-refractivity contribution is 6.31. The molecule has 0 aromatic carbocycles. The van der Waals surface area contributed by atoms with Crippen LogP contribution in [0.3, 0.4) is 0 Å². The van der Waals surface area contributed by atoms with E-state index in [2.05, 4.69) is 10.3 Å². The Hall–Kier alpha value is -1.65. The number of hydrogen-bond donors (Lipinski definition) is 2. The van der Waals surface area contributed by atoms with Gasteiger partial charge in [-0.15, -0.1) is 0 Å². The van der Waals surface area contributed by atoms with E-state index in [1.165, 1.54) is 12.3 Å². The Labute approximate surface area is 90.0 Å². The first kappa shape index (κ1) is 11.4. The molecule has 0 aliphatic carbocycles. The van der Waals surface area contributed by atoms with E-state index in [4.69, 9.17) is 13.3 Å². The normalized spacial score (nSPS) is 10.1. The van der Waals surface area contributed by atoms with Crippen LogP contribution in [0.15, 0.2) is 18.3 Å². The van der Waals surface area contributed by atoms with Crippen LogP contribution in [0, 0.1) is 11.3 Å². The first-order valence-corrected chi connectivity index (χ1v) is 4.62. The van der Waals surface area contributed by atoms with Gasteiger partial charge in [-0.25, -0.2) is 0 Å². The molecule has 1 amide bonds. The Kier molecular flexibility index (Phi) is 3.60. The molecule has 0 aliphatic rings. The lowest BCUT2D eigenvalue weighted by Gasteiger charge is -2.09. The van der Waals surface area contributed by atoms with Crippen LogP contribution in [0.4, 0.5) is 0 Å². The summed E-state index contributed by atoms with van der Waals surface area (Å²) in [6.45, 7) is 3.67. The van der Waals surface area contributed by atoms with Crippen molar-refractivity contribution in [3.05, 3.63) is 23.9 Å². The summed E-state index contributed by atoms with van der Waals surface area (Å²) >= 11 is 0. The zero-order valence-corrected chi connectivity index (χ0v) is 8.74. The molecule has 0 atom stereocenters. The number of amidine groups is 1. The second kappa shape index (κ2) is 4.73. The minimum atomic E-state index is -0.331. The van der Waals surface area contributed by atoms with E-state index in [0.717, 1.165) is 0 Å². The molecule has 0 saturated heterocycles. The van der Waals surface area contributed by atoms with E-state index >= 15 is 0 Å². The van der Waals surface area contributed by atoms with Gasteiger partial charge in [0, 0.05) is 17.7 Å². The fourth-order valence-corrected chi connectivity index (χ4v) is 0.928. The highest BCUT2D eigenvalue weighted by atomic mass is 16.1. The molecule has 0 bridgehead atoms. The quantitative estimate of drug-likeness (QED) is 0.408. The van der Waals surface area contributed by atoms with Crippen LogP contribution in [-0.4, -0.2) is 24.6 Å². The van der Waals surface area contributed by atoms with Gasteiger partial charge in [0.2, 0.25) is 0 Å². The number of carbonyl (C=O) groups is 1. The molecule has 0 spiro atoms. The Morgan fingerprint density at radius 3 is 2.80 bits per heavy atom. The van der Waals surface area contributed by atoms with Gasteiger partial charge < -0.3 is 5.32 Å². The van der Waals surface area contributed by atoms with E-state index in [9.17, 15) is 4.79 Å². The molecule has 1 heterocycles. The fraction of sp³-hybridized carbons (Fsp3) is 0.300. The Morgan fingerprint density at radius 1 is 1.60 bits per heavy atom. The number of amides is 1. The molecule has 0 unspecified atom stereocenters. The van der Waals surface area contributed by atoms with Crippen LogP contribution in [0.25, 0.3) is 0 Å². The number of carbonyl (C=O) groups excluding carboxylic acids is 1. The van der Waals surface area contributed by atoms with Crippen molar-refractivity contribution in [2.24, 2.45) is 5.92 Å². The second-order valence-electron chi connectivity index (χ2n) is 3.49. The summed E-state index contributed by atoms with van der Waals surface area (Å²) in [6, 6.07) is 3.03. The van der Waals surface area contributed by atoms with Gasteiger partial charge >= 0.3 is 0 Å². The molecule has 1 aromatic heterocycles. The Bertz CT molecular complexity index is 390. The molecule has 0 aliphatic heterocycles. The molecule has 0 fully saturated rings. The van der Waals surface area contributed by atoms with Crippen molar-refractivity contribution in [2.75, 3.05) is 0 Å². The first-order valence-electron chi connectivity index (χ1n) is 4.62. The van der Waals surface area contributed by atoms with Gasteiger partial charge in [0.25, 0.3) is 5.91 Å². The SMILES string of the molecule is [B]c1cc(C(=O)NC(=N)C(C)C)ccn1. The lowest BCUT2D eigenvalue weighted by Crippen LogP contribution is -2.33. The summed E-state index contributed by atoms with van der Waals surface area (Å²) in [5.41, 5.74) is 0.701. The monoisotopic (exact) mass is 201 g/mol. The number of nitrogens with one attached hydrogen (secondary N) is 2. The van der Waals surface area contributed by atoms with Crippen LogP contribution in [-0.2, 0) is 0 Å². The van der Waals surface area contributed by atoms with Gasteiger partial charge in [-0.3, -0.25) is 15.2 Å². The molecular weight excluding hydrogens is 189 g/mol. The molecular formula is C10H12BN3O. The fourth-order valence-electron chi connectivity index (χ4n) is 0.928. The molecule has 0 saturated carbocycles. The third-order valence-corrected chi connectivity index (χ3v) is 1.87. The topological polar surface area (TPSA) is 65.8 Å². The van der Waals surface area contributed by atoms with E-state index in [0.29, 0.717) is 11.2 Å². The average molecular weight is 201 g/mol. The minimum Gasteiger partial charge on any atom is -0.310 e. The standard InChI is InChI=1S/C10H12BN3O/c1-6(2)9(12)14-10(15)7-3-4-13-8(11)5-7/h3-6H,1-2H3,(H2,12,14,15). The van der Waals surface area contributed by atoms with Crippen LogP contribution in [0.2, 0.25) is 0 Å². The number of pyridine rings is 1. The summed E-state index contributed by atoms with van der Waals surface area (Å²) in [6.07, 6.45) is 1.46. The average Bonchev–Trinajstić information content (AvgIpc) is 2.17. The van der Waals surface area contributed by atoms with Crippen LogP contribution in [0.1, 0.15) is 24.2 Å². The summed E-state index contributed by atoms with van der Waals surface area (Å²) in [5.74, 6) is -0.147. The largest absolute Gasteiger partial charge is 0.310 e. The van der Waals surface area contributed by atoms with Gasteiger partial charge in [0.15, 0.2) is 0 Å². The minimum absolute atomic E-state index is 0.00636. The van der Waals surface area contributed by atoms with Crippen molar-refractivity contribution < 1.29 is 4.79 Å². The molecule has 1 aromatic rings. The Morgan fingerprint density at radius 2 is 2.27 bits per heavy atom. The molecule has 2 radical (unpaired) electrons. The molecule has 15 heavy (non-hydrogen) atoms. The van der Waals surface area contributed by atoms with E-state index in [-0.39, 0.29) is 17.7 Å². The lowest BCUT2D eigenvalue weighted by molar-refractivity contribution is 0.0975. The maximum atomic E-state index is 11.6. The van der Waals surface area contributed by atoms with Gasteiger partial charge in [-0.2, -0.15) is 0 Å². The van der Waals surface area contributed by atoms with Gasteiger partial charge in [0.05, 0.1) is 0 Å². The zero-order chi connectivity index (χ0) is 11.4.